The van der Waals surface area contributed by atoms with E-state index in [-0.39, 0.29) is 23.9 Å². The predicted octanol–water partition coefficient (Wildman–Crippen LogP) is 4.18. The van der Waals surface area contributed by atoms with Crippen LogP contribution in [0.15, 0.2) is 77.7 Å². The highest BCUT2D eigenvalue weighted by atomic mass is 35.5. The van der Waals surface area contributed by atoms with Crippen molar-refractivity contribution in [2.24, 2.45) is 0 Å². The first kappa shape index (κ1) is 23.6. The highest BCUT2D eigenvalue weighted by Gasteiger charge is 2.27. The predicted molar refractivity (Wildman–Crippen MR) is 122 cm³/mol. The maximum atomic E-state index is 13.3. The Balaban J connectivity index is 1.70. The van der Waals surface area contributed by atoms with Gasteiger partial charge in [-0.1, -0.05) is 23.7 Å². The second-order valence-corrected chi connectivity index (χ2v) is 9.26. The van der Waals surface area contributed by atoms with Gasteiger partial charge in [-0.3, -0.25) is 9.10 Å². The molecule has 6 nitrogen and oxygen atoms in total. The van der Waals surface area contributed by atoms with Crippen LogP contribution in [0.1, 0.15) is 5.56 Å². The van der Waals surface area contributed by atoms with Crippen molar-refractivity contribution in [1.82, 2.24) is 5.32 Å². The minimum atomic E-state index is -4.01. The van der Waals surface area contributed by atoms with Crippen molar-refractivity contribution in [3.8, 4) is 5.75 Å². The number of hydrogen-bond donors (Lipinski definition) is 1. The first-order valence-electron chi connectivity index (χ1n) is 9.76. The van der Waals surface area contributed by atoms with Gasteiger partial charge in [-0.15, -0.1) is 0 Å². The third kappa shape index (κ3) is 6.21. The SMILES string of the molecule is Cc1cccc(N(CC(=O)NCCOc2ccc(F)cc2)S(=O)(=O)c2ccc(Cl)cc2)c1. The lowest BCUT2D eigenvalue weighted by atomic mass is 10.2. The fraction of sp³-hybridized carbons (Fsp3) is 0.174. The molecule has 0 aromatic heterocycles. The second-order valence-electron chi connectivity index (χ2n) is 6.96. The van der Waals surface area contributed by atoms with Crippen molar-refractivity contribution in [3.05, 3.63) is 89.2 Å². The molecule has 0 heterocycles. The summed E-state index contributed by atoms with van der Waals surface area (Å²) < 4.78 is 46.0. The van der Waals surface area contributed by atoms with Crippen molar-refractivity contribution in [2.45, 2.75) is 11.8 Å². The van der Waals surface area contributed by atoms with Gasteiger partial charge in [-0.25, -0.2) is 12.8 Å². The van der Waals surface area contributed by atoms with E-state index < -0.39 is 22.5 Å². The summed E-state index contributed by atoms with van der Waals surface area (Å²) in [5.74, 6) is -0.400. The van der Waals surface area contributed by atoms with Crippen molar-refractivity contribution >= 4 is 33.2 Å². The standard InChI is InChI=1S/C23H22ClFN2O4S/c1-17-3-2-4-20(15-17)27(32(29,30)22-11-5-18(24)6-12-22)16-23(28)26-13-14-31-21-9-7-19(25)8-10-21/h2-12,15H,13-14,16H2,1H3,(H,26,28). The van der Waals surface area contributed by atoms with E-state index in [2.05, 4.69) is 5.32 Å². The van der Waals surface area contributed by atoms with E-state index in [9.17, 15) is 17.6 Å². The molecule has 0 saturated heterocycles. The maximum absolute atomic E-state index is 13.3. The molecule has 9 heteroatoms. The number of halogens is 2. The first-order valence-corrected chi connectivity index (χ1v) is 11.6. The summed E-state index contributed by atoms with van der Waals surface area (Å²) in [6, 6.07) is 18.2. The van der Waals surface area contributed by atoms with Crippen LogP contribution in [0.3, 0.4) is 0 Å². The molecule has 0 saturated carbocycles. The van der Waals surface area contributed by atoms with Crippen LogP contribution in [0, 0.1) is 12.7 Å². The zero-order valence-electron chi connectivity index (χ0n) is 17.3. The third-order valence-electron chi connectivity index (χ3n) is 4.49. The molecule has 1 N–H and O–H groups in total. The van der Waals surface area contributed by atoms with Crippen LogP contribution in [0.2, 0.25) is 5.02 Å². The lowest BCUT2D eigenvalue weighted by molar-refractivity contribution is -0.119. The second kappa shape index (κ2) is 10.5. The van der Waals surface area contributed by atoms with E-state index in [1.54, 1.807) is 18.2 Å². The summed E-state index contributed by atoms with van der Waals surface area (Å²) in [4.78, 5) is 12.6. The average Bonchev–Trinajstić information content (AvgIpc) is 2.76. The molecule has 0 aliphatic carbocycles. The van der Waals surface area contributed by atoms with E-state index in [0.717, 1.165) is 9.87 Å². The number of amides is 1. The van der Waals surface area contributed by atoms with Crippen LogP contribution in [-0.4, -0.2) is 34.0 Å². The maximum Gasteiger partial charge on any atom is 0.264 e. The Bertz CT molecular complexity index is 1170. The lowest BCUT2D eigenvalue weighted by Gasteiger charge is -2.24. The van der Waals surface area contributed by atoms with Gasteiger partial charge in [0.1, 0.15) is 24.7 Å². The van der Waals surface area contributed by atoms with Gasteiger partial charge in [-0.05, 0) is 73.2 Å². The Labute approximate surface area is 191 Å². The van der Waals surface area contributed by atoms with Crippen LogP contribution in [0.5, 0.6) is 5.75 Å². The molecule has 0 bridgehead atoms. The van der Waals surface area contributed by atoms with Crippen LogP contribution in [0.4, 0.5) is 10.1 Å². The van der Waals surface area contributed by atoms with Gasteiger partial charge in [0.2, 0.25) is 5.91 Å². The normalized spacial score (nSPS) is 11.1. The Morgan fingerprint density at radius 1 is 1.06 bits per heavy atom. The van der Waals surface area contributed by atoms with Crippen molar-refractivity contribution in [1.29, 1.82) is 0 Å². The van der Waals surface area contributed by atoms with Crippen LogP contribution >= 0.6 is 11.6 Å². The summed E-state index contributed by atoms with van der Waals surface area (Å²) in [5.41, 5.74) is 1.23. The number of benzene rings is 3. The average molecular weight is 477 g/mol. The molecule has 0 aliphatic heterocycles. The number of nitrogens with zero attached hydrogens (tertiary/aromatic N) is 1. The van der Waals surface area contributed by atoms with Gasteiger partial charge in [0.25, 0.3) is 10.0 Å². The first-order chi connectivity index (χ1) is 15.3. The van der Waals surface area contributed by atoms with Gasteiger partial charge in [-0.2, -0.15) is 0 Å². The molecule has 3 aromatic carbocycles. The molecule has 0 unspecified atom stereocenters. The Morgan fingerprint density at radius 3 is 2.41 bits per heavy atom. The monoisotopic (exact) mass is 476 g/mol. The summed E-state index contributed by atoms with van der Waals surface area (Å²) >= 11 is 5.88. The molecule has 0 fully saturated rings. The Kier molecular flexibility index (Phi) is 7.71. The van der Waals surface area contributed by atoms with Crippen LogP contribution in [0.25, 0.3) is 0 Å². The molecule has 32 heavy (non-hydrogen) atoms. The highest BCUT2D eigenvalue weighted by Crippen LogP contribution is 2.25. The zero-order chi connectivity index (χ0) is 23.1. The number of hydrogen-bond acceptors (Lipinski definition) is 4. The molecular formula is C23H22ClFN2O4S. The number of carbonyl (C=O) groups is 1. The summed E-state index contributed by atoms with van der Waals surface area (Å²) in [6.07, 6.45) is 0. The number of aryl methyl sites for hydroxylation is 1. The number of ether oxygens (including phenoxy) is 1. The molecular weight excluding hydrogens is 455 g/mol. The third-order valence-corrected chi connectivity index (χ3v) is 6.53. The van der Waals surface area contributed by atoms with Crippen LogP contribution in [-0.2, 0) is 14.8 Å². The van der Waals surface area contributed by atoms with Crippen molar-refractivity contribution in [2.75, 3.05) is 24.0 Å². The molecule has 0 atom stereocenters. The zero-order valence-corrected chi connectivity index (χ0v) is 18.9. The molecule has 3 rings (SSSR count). The molecule has 0 spiro atoms. The largest absolute Gasteiger partial charge is 0.492 e. The fourth-order valence-corrected chi connectivity index (χ4v) is 4.45. The number of rotatable bonds is 9. The van der Waals surface area contributed by atoms with E-state index >= 15 is 0 Å². The van der Waals surface area contributed by atoms with E-state index in [1.807, 2.05) is 13.0 Å². The number of sulfonamides is 1. The minimum absolute atomic E-state index is 0.0239. The Hall–Kier alpha value is -3.10. The molecule has 3 aromatic rings. The summed E-state index contributed by atoms with van der Waals surface area (Å²) in [6.45, 7) is 1.72. The van der Waals surface area contributed by atoms with E-state index in [1.165, 1.54) is 48.5 Å². The van der Waals surface area contributed by atoms with Gasteiger partial charge >= 0.3 is 0 Å². The number of nitrogens with one attached hydrogen (secondary N) is 1. The van der Waals surface area contributed by atoms with E-state index in [0.29, 0.717) is 16.5 Å². The number of anilines is 1. The lowest BCUT2D eigenvalue weighted by Crippen LogP contribution is -2.42. The van der Waals surface area contributed by atoms with Crippen molar-refractivity contribution in [3.63, 3.8) is 0 Å². The van der Waals surface area contributed by atoms with Crippen LogP contribution < -0.4 is 14.4 Å². The van der Waals surface area contributed by atoms with Crippen molar-refractivity contribution < 1.29 is 22.3 Å². The topological polar surface area (TPSA) is 75.7 Å². The summed E-state index contributed by atoms with van der Waals surface area (Å²) in [7, 11) is -4.01. The van der Waals surface area contributed by atoms with Gasteiger partial charge < -0.3 is 10.1 Å². The molecule has 168 valence electrons. The molecule has 1 amide bonds. The van der Waals surface area contributed by atoms with Gasteiger partial charge in [0.05, 0.1) is 17.1 Å². The number of carbonyl (C=O) groups excluding carboxylic acids is 1. The highest BCUT2D eigenvalue weighted by molar-refractivity contribution is 7.92. The molecule has 0 radical (unpaired) electrons. The molecule has 0 aliphatic rings. The van der Waals surface area contributed by atoms with E-state index in [4.69, 9.17) is 16.3 Å². The quantitative estimate of drug-likeness (QED) is 0.470. The minimum Gasteiger partial charge on any atom is -0.492 e. The Morgan fingerprint density at radius 2 is 1.75 bits per heavy atom. The fourth-order valence-electron chi connectivity index (χ4n) is 2.91. The summed E-state index contributed by atoms with van der Waals surface area (Å²) in [5, 5.41) is 3.05. The van der Waals surface area contributed by atoms with Gasteiger partial charge in [0, 0.05) is 5.02 Å². The van der Waals surface area contributed by atoms with Gasteiger partial charge in [0.15, 0.2) is 0 Å². The smallest absolute Gasteiger partial charge is 0.264 e.